The third kappa shape index (κ3) is 3.57. The van der Waals surface area contributed by atoms with Crippen LogP contribution in [0.15, 0.2) is 42.6 Å². The van der Waals surface area contributed by atoms with E-state index >= 15 is 0 Å². The molecule has 1 saturated carbocycles. The van der Waals surface area contributed by atoms with Gasteiger partial charge in [0.25, 0.3) is 5.91 Å². The van der Waals surface area contributed by atoms with Gasteiger partial charge in [-0.3, -0.25) is 14.6 Å². The maximum absolute atomic E-state index is 12.5. The standard InChI is InChI=1S/C18H18ClN3O2/c1-10-8-14(10)16(11-2-5-13(19)6-3-11)22-18(24)15-7-4-12(9-21-15)17(20)23/h2-7,9-10,14,16H,8H2,1H3,(H2,20,23)(H,22,24)/t10-,14+,16-/m1/s1. The number of amides is 2. The molecule has 0 saturated heterocycles. The number of carbonyl (C=O) groups excluding carboxylic acids is 2. The number of nitrogens with zero attached hydrogens (tertiary/aromatic N) is 1. The van der Waals surface area contributed by atoms with Crippen LogP contribution in [0.4, 0.5) is 0 Å². The van der Waals surface area contributed by atoms with E-state index in [0.717, 1.165) is 12.0 Å². The molecule has 0 aliphatic heterocycles. The first kappa shape index (κ1) is 16.5. The molecule has 3 rings (SSSR count). The fourth-order valence-electron chi connectivity index (χ4n) is 2.81. The smallest absolute Gasteiger partial charge is 0.270 e. The van der Waals surface area contributed by atoms with E-state index in [1.807, 2.05) is 24.3 Å². The van der Waals surface area contributed by atoms with Gasteiger partial charge in [0.1, 0.15) is 5.69 Å². The second kappa shape index (κ2) is 6.61. The number of primary amides is 1. The summed E-state index contributed by atoms with van der Waals surface area (Å²) in [6.07, 6.45) is 2.38. The van der Waals surface area contributed by atoms with Crippen LogP contribution in [-0.4, -0.2) is 16.8 Å². The minimum Gasteiger partial charge on any atom is -0.366 e. The molecule has 0 spiro atoms. The Kier molecular flexibility index (Phi) is 4.53. The van der Waals surface area contributed by atoms with Crippen LogP contribution in [-0.2, 0) is 0 Å². The zero-order chi connectivity index (χ0) is 17.3. The van der Waals surface area contributed by atoms with Gasteiger partial charge >= 0.3 is 0 Å². The fourth-order valence-corrected chi connectivity index (χ4v) is 2.94. The molecule has 1 aliphatic carbocycles. The lowest BCUT2D eigenvalue weighted by molar-refractivity contribution is 0.0923. The van der Waals surface area contributed by atoms with Gasteiger partial charge in [0.05, 0.1) is 11.6 Å². The quantitative estimate of drug-likeness (QED) is 0.875. The summed E-state index contributed by atoms with van der Waals surface area (Å²) in [7, 11) is 0. The number of pyridine rings is 1. The highest BCUT2D eigenvalue weighted by Crippen LogP contribution is 2.47. The minimum absolute atomic E-state index is 0.0811. The van der Waals surface area contributed by atoms with Crippen molar-refractivity contribution in [3.05, 3.63) is 64.4 Å². The van der Waals surface area contributed by atoms with E-state index in [4.69, 9.17) is 17.3 Å². The summed E-state index contributed by atoms with van der Waals surface area (Å²) >= 11 is 5.95. The van der Waals surface area contributed by atoms with Crippen molar-refractivity contribution in [2.45, 2.75) is 19.4 Å². The van der Waals surface area contributed by atoms with E-state index in [1.165, 1.54) is 18.3 Å². The Morgan fingerprint density at radius 1 is 1.25 bits per heavy atom. The van der Waals surface area contributed by atoms with E-state index in [1.54, 1.807) is 0 Å². The van der Waals surface area contributed by atoms with E-state index < -0.39 is 5.91 Å². The van der Waals surface area contributed by atoms with Gasteiger partial charge in [-0.05, 0) is 48.1 Å². The first-order valence-electron chi connectivity index (χ1n) is 7.78. The fraction of sp³-hybridized carbons (Fsp3) is 0.278. The molecule has 3 N–H and O–H groups in total. The first-order chi connectivity index (χ1) is 11.5. The van der Waals surface area contributed by atoms with Crippen molar-refractivity contribution < 1.29 is 9.59 Å². The van der Waals surface area contributed by atoms with Crippen LogP contribution in [0.2, 0.25) is 5.02 Å². The van der Waals surface area contributed by atoms with E-state index in [0.29, 0.717) is 16.9 Å². The Balaban J connectivity index is 1.78. The Hall–Kier alpha value is -2.40. The van der Waals surface area contributed by atoms with Gasteiger partial charge < -0.3 is 11.1 Å². The van der Waals surface area contributed by atoms with Crippen LogP contribution in [0.5, 0.6) is 0 Å². The van der Waals surface area contributed by atoms with Crippen molar-refractivity contribution in [2.75, 3.05) is 0 Å². The van der Waals surface area contributed by atoms with Gasteiger partial charge in [-0.15, -0.1) is 0 Å². The molecule has 1 aromatic heterocycles. The van der Waals surface area contributed by atoms with Crippen molar-refractivity contribution in [2.24, 2.45) is 17.6 Å². The van der Waals surface area contributed by atoms with E-state index in [-0.39, 0.29) is 23.2 Å². The summed E-state index contributed by atoms with van der Waals surface area (Å²) < 4.78 is 0. The van der Waals surface area contributed by atoms with E-state index in [9.17, 15) is 9.59 Å². The van der Waals surface area contributed by atoms with Gasteiger partial charge in [-0.2, -0.15) is 0 Å². The lowest BCUT2D eigenvalue weighted by atomic mass is 10.0. The largest absolute Gasteiger partial charge is 0.366 e. The maximum atomic E-state index is 12.5. The number of hydrogen-bond donors (Lipinski definition) is 2. The molecule has 24 heavy (non-hydrogen) atoms. The zero-order valence-corrected chi connectivity index (χ0v) is 14.0. The summed E-state index contributed by atoms with van der Waals surface area (Å²) in [5, 5.41) is 3.71. The number of halogens is 1. The molecule has 1 aliphatic rings. The van der Waals surface area contributed by atoms with Crippen molar-refractivity contribution in [3.63, 3.8) is 0 Å². The lowest BCUT2D eigenvalue weighted by Crippen LogP contribution is -2.31. The summed E-state index contributed by atoms with van der Waals surface area (Å²) in [5.41, 5.74) is 6.74. The predicted octanol–water partition coefficient (Wildman–Crippen LogP) is 2.96. The van der Waals surface area contributed by atoms with Gasteiger partial charge in [-0.25, -0.2) is 0 Å². The molecule has 124 valence electrons. The van der Waals surface area contributed by atoms with Gasteiger partial charge in [0, 0.05) is 11.2 Å². The second-order valence-corrected chi connectivity index (χ2v) is 6.61. The minimum atomic E-state index is -0.569. The number of aromatic nitrogens is 1. The number of nitrogens with two attached hydrogens (primary N) is 1. The van der Waals surface area contributed by atoms with Crippen LogP contribution >= 0.6 is 11.6 Å². The Morgan fingerprint density at radius 2 is 1.92 bits per heavy atom. The third-order valence-corrected chi connectivity index (χ3v) is 4.65. The van der Waals surface area contributed by atoms with E-state index in [2.05, 4.69) is 17.2 Å². The van der Waals surface area contributed by atoms with Crippen LogP contribution in [0.3, 0.4) is 0 Å². The summed E-state index contributed by atoms with van der Waals surface area (Å²) in [6.45, 7) is 2.17. The zero-order valence-electron chi connectivity index (χ0n) is 13.2. The first-order valence-corrected chi connectivity index (χ1v) is 8.15. The predicted molar refractivity (Wildman–Crippen MR) is 91.7 cm³/mol. The summed E-state index contributed by atoms with van der Waals surface area (Å²) in [4.78, 5) is 27.6. The molecule has 5 nitrogen and oxygen atoms in total. The molecule has 2 amide bonds. The van der Waals surface area contributed by atoms with Crippen molar-refractivity contribution in [1.29, 1.82) is 0 Å². The molecular weight excluding hydrogens is 326 g/mol. The molecule has 1 aromatic carbocycles. The molecule has 0 unspecified atom stereocenters. The Morgan fingerprint density at radius 3 is 2.42 bits per heavy atom. The van der Waals surface area contributed by atoms with Crippen LogP contribution < -0.4 is 11.1 Å². The molecule has 1 fully saturated rings. The second-order valence-electron chi connectivity index (χ2n) is 6.18. The van der Waals surface area contributed by atoms with Crippen LogP contribution in [0.1, 0.15) is 45.8 Å². The molecule has 0 radical (unpaired) electrons. The Labute approximate surface area is 145 Å². The molecule has 6 heteroatoms. The Bertz CT molecular complexity index is 759. The SMILES string of the molecule is C[C@@H]1C[C@@H]1[C@H](NC(=O)c1ccc(C(N)=O)cn1)c1ccc(Cl)cc1. The lowest BCUT2D eigenvalue weighted by Gasteiger charge is -2.19. The number of rotatable bonds is 5. The highest BCUT2D eigenvalue weighted by molar-refractivity contribution is 6.30. The number of benzene rings is 1. The average Bonchev–Trinajstić information content (AvgIpc) is 3.30. The molecule has 3 atom stereocenters. The molecule has 2 aromatic rings. The van der Waals surface area contributed by atoms with Gasteiger partial charge in [0.2, 0.25) is 5.91 Å². The molecule has 1 heterocycles. The molecule has 0 bridgehead atoms. The van der Waals surface area contributed by atoms with Gasteiger partial charge in [-0.1, -0.05) is 30.7 Å². The monoisotopic (exact) mass is 343 g/mol. The van der Waals surface area contributed by atoms with Crippen molar-refractivity contribution in [1.82, 2.24) is 10.3 Å². The number of carbonyl (C=O) groups is 2. The summed E-state index contributed by atoms with van der Waals surface area (Å²) in [5.74, 6) is 0.126. The van der Waals surface area contributed by atoms with Crippen LogP contribution in [0, 0.1) is 11.8 Å². The molecular formula is C18H18ClN3O2. The summed E-state index contributed by atoms with van der Waals surface area (Å²) in [6, 6.07) is 10.4. The van der Waals surface area contributed by atoms with Crippen molar-refractivity contribution in [3.8, 4) is 0 Å². The topological polar surface area (TPSA) is 85.1 Å². The van der Waals surface area contributed by atoms with Crippen molar-refractivity contribution >= 4 is 23.4 Å². The maximum Gasteiger partial charge on any atom is 0.270 e. The average molecular weight is 344 g/mol. The van der Waals surface area contributed by atoms with Crippen LogP contribution in [0.25, 0.3) is 0 Å². The third-order valence-electron chi connectivity index (χ3n) is 4.40. The number of hydrogen-bond acceptors (Lipinski definition) is 3. The normalized spacial score (nSPS) is 20.2. The van der Waals surface area contributed by atoms with Gasteiger partial charge in [0.15, 0.2) is 0 Å². The highest BCUT2D eigenvalue weighted by Gasteiger charge is 2.41. The highest BCUT2D eigenvalue weighted by atomic mass is 35.5. The number of nitrogens with one attached hydrogen (secondary N) is 1.